The van der Waals surface area contributed by atoms with Crippen molar-refractivity contribution in [3.05, 3.63) is 27.8 Å². The summed E-state index contributed by atoms with van der Waals surface area (Å²) in [6.07, 6.45) is -0.622. The van der Waals surface area contributed by atoms with Crippen LogP contribution in [-0.2, 0) is 20.3 Å². The largest absolute Gasteiger partial charge is 0.567 e. The number of amides is 1. The van der Waals surface area contributed by atoms with E-state index in [2.05, 4.69) is 20.8 Å². The Balaban J connectivity index is 2.32. The molecule has 0 atom stereocenters. The van der Waals surface area contributed by atoms with Crippen LogP contribution in [0.3, 0.4) is 0 Å². The summed E-state index contributed by atoms with van der Waals surface area (Å²) in [6, 6.07) is 2.37. The second-order valence-corrected chi connectivity index (χ2v) is 9.44. The number of benzene rings is 1. The third-order valence-corrected chi connectivity index (χ3v) is 5.43. The Bertz CT molecular complexity index is 856. The third-order valence-electron chi connectivity index (χ3n) is 4.44. The Hall–Kier alpha value is -1.90. The summed E-state index contributed by atoms with van der Waals surface area (Å²) in [7, 11) is -9.36. The fourth-order valence-electron chi connectivity index (χ4n) is 3.13. The van der Waals surface area contributed by atoms with Crippen LogP contribution in [-0.4, -0.2) is 79.3 Å². The summed E-state index contributed by atoms with van der Waals surface area (Å²) >= 11 is 0. The van der Waals surface area contributed by atoms with Crippen LogP contribution in [0, 0.1) is 10.1 Å². The van der Waals surface area contributed by atoms with Crippen molar-refractivity contribution in [1.29, 1.82) is 0 Å². The molecule has 184 valence electrons. The van der Waals surface area contributed by atoms with E-state index in [0.717, 1.165) is 6.07 Å². The molecule has 1 heterocycles. The molecule has 0 aromatic heterocycles. The zero-order valence-electron chi connectivity index (χ0n) is 17.3. The average Bonchev–Trinajstić information content (AvgIpc) is 3.14. The van der Waals surface area contributed by atoms with Crippen molar-refractivity contribution in [3.63, 3.8) is 0 Å². The van der Waals surface area contributed by atoms with Crippen molar-refractivity contribution < 1.29 is 52.9 Å². The third kappa shape index (κ3) is 8.43. The van der Waals surface area contributed by atoms with Gasteiger partial charge in [-0.3, -0.25) is 14.9 Å². The van der Waals surface area contributed by atoms with Gasteiger partial charge in [-0.25, -0.2) is 0 Å². The number of hydrogen-bond donors (Lipinski definition) is 6. The van der Waals surface area contributed by atoms with Gasteiger partial charge in [0.1, 0.15) is 24.7 Å². The van der Waals surface area contributed by atoms with Gasteiger partial charge in [0, 0.05) is 31.1 Å². The van der Waals surface area contributed by atoms with Crippen molar-refractivity contribution in [3.8, 4) is 5.75 Å². The van der Waals surface area contributed by atoms with Crippen molar-refractivity contribution in [1.82, 2.24) is 0 Å². The van der Waals surface area contributed by atoms with Crippen molar-refractivity contribution in [2.45, 2.75) is 25.4 Å². The number of nitro benzene ring substituents is 1. The van der Waals surface area contributed by atoms with Gasteiger partial charge in [-0.15, -0.1) is 9.05 Å². The SMILES string of the molecule is C=NCCCC(=O)N1CCc2c(OC(CO[P+](O)(O)O)CO[P+](O)(O)O)ccc([N+](=O)[O-])c21. The van der Waals surface area contributed by atoms with E-state index >= 15 is 0 Å². The van der Waals surface area contributed by atoms with E-state index in [4.69, 9.17) is 34.1 Å². The quantitative estimate of drug-likeness (QED) is 0.0677. The van der Waals surface area contributed by atoms with Gasteiger partial charge in [-0.1, -0.05) is 0 Å². The molecule has 2 rings (SSSR count). The molecule has 1 aromatic rings. The summed E-state index contributed by atoms with van der Waals surface area (Å²) in [5.41, 5.74) is 0.0166. The van der Waals surface area contributed by atoms with Crippen LogP contribution < -0.4 is 9.64 Å². The highest BCUT2D eigenvalue weighted by molar-refractivity contribution is 7.53. The number of rotatable bonds is 13. The van der Waals surface area contributed by atoms with Gasteiger partial charge in [-0.05, 0) is 25.6 Å². The molecule has 1 amide bonds. The Morgan fingerprint density at radius 2 is 1.79 bits per heavy atom. The molecule has 6 N–H and O–H groups in total. The molecule has 0 unspecified atom stereocenters. The van der Waals surface area contributed by atoms with Crippen LogP contribution >= 0.6 is 16.3 Å². The molecule has 0 aliphatic carbocycles. The molecular weight excluding hydrogens is 488 g/mol. The fourth-order valence-corrected chi connectivity index (χ4v) is 3.86. The molecule has 1 aromatic carbocycles. The van der Waals surface area contributed by atoms with Crippen molar-refractivity contribution in [2.75, 3.05) is 31.2 Å². The molecule has 15 nitrogen and oxygen atoms in total. The highest BCUT2D eigenvalue weighted by Crippen LogP contribution is 2.48. The number of carbonyl (C=O) groups is 1. The number of hydrogen-bond acceptors (Lipinski definition) is 13. The van der Waals surface area contributed by atoms with Crippen LogP contribution in [0.1, 0.15) is 18.4 Å². The molecule has 17 heteroatoms. The van der Waals surface area contributed by atoms with Gasteiger partial charge < -0.3 is 14.6 Å². The van der Waals surface area contributed by atoms with E-state index in [1.807, 2.05) is 0 Å². The lowest BCUT2D eigenvalue weighted by molar-refractivity contribution is -0.384. The number of anilines is 1. The maximum Gasteiger partial charge on any atom is 0.567 e. The lowest BCUT2D eigenvalue weighted by atomic mass is 10.1. The lowest BCUT2D eigenvalue weighted by Gasteiger charge is -2.20. The molecule has 0 radical (unpaired) electrons. The van der Waals surface area contributed by atoms with Crippen LogP contribution in [0.15, 0.2) is 17.1 Å². The zero-order chi connectivity index (χ0) is 24.8. The molecule has 1 aliphatic rings. The molecule has 0 bridgehead atoms. The fraction of sp³-hybridized carbons (Fsp3) is 0.500. The first-order valence-electron chi connectivity index (χ1n) is 9.46. The van der Waals surface area contributed by atoms with E-state index < -0.39 is 40.6 Å². The molecule has 0 fully saturated rings. The monoisotopic (exact) mass is 513 g/mol. The van der Waals surface area contributed by atoms with Gasteiger partial charge in [0.25, 0.3) is 5.69 Å². The standard InChI is InChI=1S/C16H25N3O12P2/c1-17-7-2-3-15(20)18-8-6-12-14(5-4-13(16(12)18)19(21)22)31-11(9-29-32(23,24)25)10-30-33(26,27)28/h4-5,11,23-28H,1-3,6-10H2/q+2. The Kier molecular flexibility index (Phi) is 9.52. The van der Waals surface area contributed by atoms with Crippen LogP contribution in [0.4, 0.5) is 11.4 Å². The molecular formula is C16H25N3O12P2+2. The molecule has 0 spiro atoms. The number of nitrogens with zero attached hydrogens (tertiary/aromatic N) is 3. The van der Waals surface area contributed by atoms with Gasteiger partial charge in [0.05, 0.1) is 4.92 Å². The number of aliphatic imine (C=N–C) groups is 1. The predicted molar refractivity (Wildman–Crippen MR) is 116 cm³/mol. The molecule has 1 aliphatic heterocycles. The first-order valence-corrected chi connectivity index (χ1v) is 12.6. The second-order valence-electron chi connectivity index (χ2n) is 6.87. The first-order chi connectivity index (χ1) is 15.3. The number of ether oxygens (including phenoxy) is 1. The summed E-state index contributed by atoms with van der Waals surface area (Å²) in [4.78, 5) is 82.6. The molecule has 33 heavy (non-hydrogen) atoms. The summed E-state index contributed by atoms with van der Waals surface area (Å²) in [6.45, 7) is 2.39. The normalized spacial score (nSPS) is 13.8. The Morgan fingerprint density at radius 1 is 1.18 bits per heavy atom. The van der Waals surface area contributed by atoms with E-state index in [9.17, 15) is 14.9 Å². The predicted octanol–water partition coefficient (Wildman–Crippen LogP) is 0.0543. The number of fused-ring (bicyclic) bond motifs is 1. The van der Waals surface area contributed by atoms with E-state index in [1.54, 1.807) is 0 Å². The van der Waals surface area contributed by atoms with Crippen molar-refractivity contribution in [2.24, 2.45) is 4.99 Å². The lowest BCUT2D eigenvalue weighted by Crippen LogP contribution is -2.30. The van der Waals surface area contributed by atoms with Crippen LogP contribution in [0.2, 0.25) is 0 Å². The number of carbonyl (C=O) groups excluding carboxylic acids is 1. The Labute approximate surface area is 189 Å². The van der Waals surface area contributed by atoms with E-state index in [0.29, 0.717) is 18.5 Å². The van der Waals surface area contributed by atoms with Gasteiger partial charge in [0.2, 0.25) is 5.91 Å². The second kappa shape index (κ2) is 11.5. The maximum atomic E-state index is 12.6. The average molecular weight is 513 g/mol. The minimum Gasteiger partial charge on any atom is -0.485 e. The summed E-state index contributed by atoms with van der Waals surface area (Å²) in [5.74, 6) is -0.307. The summed E-state index contributed by atoms with van der Waals surface area (Å²) < 4.78 is 14.6. The van der Waals surface area contributed by atoms with Crippen molar-refractivity contribution >= 4 is 40.3 Å². The van der Waals surface area contributed by atoms with Gasteiger partial charge in [0.15, 0.2) is 6.10 Å². The van der Waals surface area contributed by atoms with E-state index in [1.165, 1.54) is 11.0 Å². The molecule has 0 saturated heterocycles. The Morgan fingerprint density at radius 3 is 2.30 bits per heavy atom. The first kappa shape index (κ1) is 27.3. The summed E-state index contributed by atoms with van der Waals surface area (Å²) in [5, 5.41) is 11.6. The highest BCUT2D eigenvalue weighted by atomic mass is 31.2. The minimum absolute atomic E-state index is 0.0382. The van der Waals surface area contributed by atoms with E-state index in [-0.39, 0.29) is 42.4 Å². The smallest absolute Gasteiger partial charge is 0.485 e. The maximum absolute atomic E-state index is 12.6. The van der Waals surface area contributed by atoms with Crippen LogP contribution in [0.5, 0.6) is 5.75 Å². The molecule has 0 saturated carbocycles. The highest BCUT2D eigenvalue weighted by Gasteiger charge is 2.40. The topological polar surface area (TPSA) is 225 Å². The van der Waals surface area contributed by atoms with Gasteiger partial charge >= 0.3 is 16.3 Å². The van der Waals surface area contributed by atoms with Gasteiger partial charge in [-0.2, -0.15) is 29.4 Å². The number of nitro groups is 1. The van der Waals surface area contributed by atoms with Crippen LogP contribution in [0.25, 0.3) is 0 Å². The zero-order valence-corrected chi connectivity index (χ0v) is 19.0. The minimum atomic E-state index is -4.68.